The van der Waals surface area contributed by atoms with Crippen LogP contribution in [0.4, 0.5) is 0 Å². The van der Waals surface area contributed by atoms with Gasteiger partial charge in [-0.05, 0) is 94.0 Å². The molecule has 0 bridgehead atoms. The highest BCUT2D eigenvalue weighted by Gasteiger charge is 2.17. The van der Waals surface area contributed by atoms with Gasteiger partial charge in [-0.15, -0.1) is 0 Å². The van der Waals surface area contributed by atoms with Gasteiger partial charge in [-0.3, -0.25) is 4.98 Å². The van der Waals surface area contributed by atoms with E-state index in [-0.39, 0.29) is 0 Å². The number of furan rings is 1. The van der Waals surface area contributed by atoms with Gasteiger partial charge in [-0.25, -0.2) is 4.98 Å². The number of hydrogen-bond donors (Lipinski definition) is 0. The Kier molecular flexibility index (Phi) is 6.82. The minimum atomic E-state index is 0.877. The van der Waals surface area contributed by atoms with Gasteiger partial charge in [-0.2, -0.15) is 0 Å². The van der Waals surface area contributed by atoms with Crippen molar-refractivity contribution in [3.8, 4) is 50.3 Å². The molecule has 11 aromatic rings. The zero-order chi connectivity index (χ0) is 35.6. The Bertz CT molecular complexity index is 3200. The van der Waals surface area contributed by atoms with Crippen molar-refractivity contribution in [1.29, 1.82) is 0 Å². The minimum Gasteiger partial charge on any atom is -0.456 e. The molecule has 0 N–H and O–H groups in total. The van der Waals surface area contributed by atoms with Gasteiger partial charge < -0.3 is 8.98 Å². The van der Waals surface area contributed by atoms with Crippen LogP contribution in [0, 0.1) is 0 Å². The van der Waals surface area contributed by atoms with Crippen molar-refractivity contribution >= 4 is 54.6 Å². The first-order valence-corrected chi connectivity index (χ1v) is 18.2. The van der Waals surface area contributed by atoms with Gasteiger partial charge in [0.2, 0.25) is 0 Å². The minimum absolute atomic E-state index is 0.877. The molecule has 0 fully saturated rings. The third-order valence-electron chi connectivity index (χ3n) is 10.7. The van der Waals surface area contributed by atoms with E-state index in [9.17, 15) is 0 Å². The number of nitrogens with zero attached hydrogens (tertiary/aromatic N) is 3. The summed E-state index contributed by atoms with van der Waals surface area (Å²) < 4.78 is 8.81. The molecule has 11 rings (SSSR count). The largest absolute Gasteiger partial charge is 0.456 e. The summed E-state index contributed by atoms with van der Waals surface area (Å²) in [5, 5.41) is 5.74. The van der Waals surface area contributed by atoms with Gasteiger partial charge in [0.15, 0.2) is 0 Å². The lowest BCUT2D eigenvalue weighted by atomic mass is 9.95. The van der Waals surface area contributed by atoms with Crippen molar-refractivity contribution in [3.05, 3.63) is 188 Å². The second kappa shape index (κ2) is 12.1. The van der Waals surface area contributed by atoms with Crippen LogP contribution in [0.3, 0.4) is 0 Å². The molecule has 0 aliphatic carbocycles. The molecule has 4 heteroatoms. The summed E-state index contributed by atoms with van der Waals surface area (Å²) in [6.07, 6.45) is 3.71. The Morgan fingerprint density at radius 2 is 1.11 bits per heavy atom. The topological polar surface area (TPSA) is 43.9 Å². The van der Waals surface area contributed by atoms with Crippen LogP contribution in [-0.2, 0) is 0 Å². The Morgan fingerprint density at radius 1 is 0.426 bits per heavy atom. The highest BCUT2D eigenvalue weighted by atomic mass is 16.3. The van der Waals surface area contributed by atoms with Crippen molar-refractivity contribution in [3.63, 3.8) is 0 Å². The third-order valence-corrected chi connectivity index (χ3v) is 10.7. The zero-order valence-corrected chi connectivity index (χ0v) is 29.1. The molecule has 0 saturated heterocycles. The van der Waals surface area contributed by atoms with Crippen LogP contribution in [0.5, 0.6) is 0 Å². The van der Waals surface area contributed by atoms with E-state index >= 15 is 0 Å². The fourth-order valence-electron chi connectivity index (χ4n) is 8.15. The number of para-hydroxylation sites is 2. The number of hydrogen-bond acceptors (Lipinski definition) is 3. The van der Waals surface area contributed by atoms with Crippen LogP contribution in [0.2, 0.25) is 0 Å². The lowest BCUT2D eigenvalue weighted by molar-refractivity contribution is 0.669. The molecule has 0 saturated carbocycles. The quantitative estimate of drug-likeness (QED) is 0.181. The number of fused-ring (bicyclic) bond motifs is 7. The van der Waals surface area contributed by atoms with Crippen molar-refractivity contribution in [2.24, 2.45) is 0 Å². The lowest BCUT2D eigenvalue weighted by Crippen LogP contribution is -1.92. The van der Waals surface area contributed by atoms with Gasteiger partial charge in [0.1, 0.15) is 11.2 Å². The molecule has 4 heterocycles. The predicted octanol–water partition coefficient (Wildman–Crippen LogP) is 13.3. The van der Waals surface area contributed by atoms with Crippen LogP contribution in [0.25, 0.3) is 105 Å². The van der Waals surface area contributed by atoms with E-state index < -0.39 is 0 Å². The van der Waals surface area contributed by atoms with Gasteiger partial charge in [0.05, 0.1) is 22.2 Å². The van der Waals surface area contributed by atoms with Gasteiger partial charge in [0.25, 0.3) is 0 Å². The maximum atomic E-state index is 6.46. The summed E-state index contributed by atoms with van der Waals surface area (Å²) in [4.78, 5) is 9.45. The van der Waals surface area contributed by atoms with Crippen molar-refractivity contribution < 1.29 is 4.42 Å². The van der Waals surface area contributed by atoms with Crippen molar-refractivity contribution in [1.82, 2.24) is 14.5 Å². The monoisotopic (exact) mass is 689 g/mol. The molecule has 0 atom stereocenters. The van der Waals surface area contributed by atoms with E-state index in [2.05, 4.69) is 173 Å². The molecular weight excluding hydrogens is 659 g/mol. The molecule has 0 spiro atoms. The molecule has 0 radical (unpaired) electrons. The van der Waals surface area contributed by atoms with E-state index in [4.69, 9.17) is 9.40 Å². The average molecular weight is 690 g/mol. The van der Waals surface area contributed by atoms with E-state index in [0.717, 1.165) is 77.6 Å². The van der Waals surface area contributed by atoms with Gasteiger partial charge >= 0.3 is 0 Å². The maximum Gasteiger partial charge on any atom is 0.136 e. The Labute approximate surface area is 311 Å². The summed E-state index contributed by atoms with van der Waals surface area (Å²) >= 11 is 0. The van der Waals surface area contributed by atoms with Crippen molar-refractivity contribution in [2.75, 3.05) is 0 Å². The Hall–Kier alpha value is -7.30. The molecule has 0 amide bonds. The molecular formula is C50H31N3O. The normalized spacial score (nSPS) is 11.7. The number of pyridine rings is 2. The molecule has 0 aliphatic heterocycles. The molecule has 54 heavy (non-hydrogen) atoms. The second-order valence-electron chi connectivity index (χ2n) is 13.8. The van der Waals surface area contributed by atoms with Gasteiger partial charge in [-0.1, -0.05) is 115 Å². The number of benzene rings is 7. The van der Waals surface area contributed by atoms with Crippen LogP contribution in [-0.4, -0.2) is 14.5 Å². The van der Waals surface area contributed by atoms with Crippen LogP contribution >= 0.6 is 0 Å². The summed E-state index contributed by atoms with van der Waals surface area (Å²) in [5.41, 5.74) is 15.1. The molecule has 0 aliphatic rings. The highest BCUT2D eigenvalue weighted by molar-refractivity contribution is 6.14. The molecule has 4 nitrogen and oxygen atoms in total. The smallest absolute Gasteiger partial charge is 0.136 e. The zero-order valence-electron chi connectivity index (χ0n) is 29.1. The first-order valence-electron chi connectivity index (χ1n) is 18.2. The SMILES string of the molecule is c1ccc(-c2cc(-c3ccc(-c4cccc5oc6ccc(-c7ccc8c(c7)c7ccccc7n8-c7ccccc7)cc6c45)cc3)nc3ccncc23)cc1. The van der Waals surface area contributed by atoms with Crippen molar-refractivity contribution in [2.45, 2.75) is 0 Å². The molecule has 252 valence electrons. The summed E-state index contributed by atoms with van der Waals surface area (Å²) in [6, 6.07) is 62.4. The summed E-state index contributed by atoms with van der Waals surface area (Å²) in [5.74, 6) is 0. The van der Waals surface area contributed by atoms with Gasteiger partial charge in [0, 0.05) is 50.6 Å². The number of aromatic nitrogens is 3. The van der Waals surface area contributed by atoms with E-state index in [0.29, 0.717) is 0 Å². The lowest BCUT2D eigenvalue weighted by Gasteiger charge is -2.11. The van der Waals surface area contributed by atoms with Crippen LogP contribution in [0.15, 0.2) is 193 Å². The maximum absolute atomic E-state index is 6.46. The molecule has 0 unspecified atom stereocenters. The fraction of sp³-hybridized carbons (Fsp3) is 0. The predicted molar refractivity (Wildman–Crippen MR) is 223 cm³/mol. The van der Waals surface area contributed by atoms with E-state index in [1.807, 2.05) is 18.3 Å². The standard InChI is InChI=1S/C50H31N3O/c1-3-10-32(11-4-1)40-30-45(52-44-26-27-51-31-43(40)44)34-20-18-33(19-21-34)38-15-9-17-49-50(38)42-29-36(23-25-48(42)54-49)35-22-24-47-41(28-35)39-14-7-8-16-46(39)53(47)37-12-5-2-6-13-37/h1-31H. The average Bonchev–Trinajstić information content (AvgIpc) is 3.79. The van der Waals surface area contributed by atoms with E-state index in [1.165, 1.54) is 27.4 Å². The Morgan fingerprint density at radius 3 is 1.96 bits per heavy atom. The third kappa shape index (κ3) is 4.85. The fourth-order valence-corrected chi connectivity index (χ4v) is 8.15. The van der Waals surface area contributed by atoms with Crippen LogP contribution < -0.4 is 0 Å². The van der Waals surface area contributed by atoms with E-state index in [1.54, 1.807) is 6.20 Å². The Balaban J connectivity index is 1.01. The number of rotatable bonds is 5. The molecule has 7 aromatic carbocycles. The summed E-state index contributed by atoms with van der Waals surface area (Å²) in [6.45, 7) is 0. The first-order chi connectivity index (χ1) is 26.8. The second-order valence-corrected chi connectivity index (χ2v) is 13.8. The highest BCUT2D eigenvalue weighted by Crippen LogP contribution is 2.41. The molecule has 4 aromatic heterocycles. The first kappa shape index (κ1) is 30.3. The van der Waals surface area contributed by atoms with Crippen LogP contribution in [0.1, 0.15) is 0 Å². The summed E-state index contributed by atoms with van der Waals surface area (Å²) in [7, 11) is 0.